The van der Waals surface area contributed by atoms with Crippen LogP contribution >= 0.6 is 0 Å². The molecule has 0 radical (unpaired) electrons. The fourth-order valence-corrected chi connectivity index (χ4v) is 1.52. The van der Waals surface area contributed by atoms with Crippen molar-refractivity contribution >= 4 is 16.9 Å². The second-order valence-corrected chi connectivity index (χ2v) is 3.23. The summed E-state index contributed by atoms with van der Waals surface area (Å²) in [5.74, 6) is -0.770. The summed E-state index contributed by atoms with van der Waals surface area (Å²) >= 11 is 0. The number of fused-ring (bicyclic) bond motifs is 1. The van der Waals surface area contributed by atoms with Crippen molar-refractivity contribution < 1.29 is 19.4 Å². The van der Waals surface area contributed by atoms with Crippen molar-refractivity contribution in [2.75, 3.05) is 14.2 Å². The molecule has 0 atom stereocenters. The molecular formula is C11H10N2O4. The molecule has 1 heterocycles. The van der Waals surface area contributed by atoms with Crippen LogP contribution in [0.25, 0.3) is 10.9 Å². The number of nitrogens with zero attached hydrogens (tertiary/aromatic N) is 2. The minimum Gasteiger partial charge on any atom is -0.480 e. The number of carboxylic acids is 1. The van der Waals surface area contributed by atoms with E-state index in [4.69, 9.17) is 14.6 Å². The maximum atomic E-state index is 11.1. The molecule has 0 aliphatic heterocycles. The molecule has 0 amide bonds. The largest absolute Gasteiger partial charge is 0.480 e. The molecule has 6 heteroatoms. The van der Waals surface area contributed by atoms with E-state index in [-0.39, 0.29) is 17.5 Å². The number of methoxy groups -OCH3 is 2. The van der Waals surface area contributed by atoms with E-state index >= 15 is 0 Å². The summed E-state index contributed by atoms with van der Waals surface area (Å²) in [5, 5.41) is 9.60. The van der Waals surface area contributed by atoms with Crippen LogP contribution in [0.15, 0.2) is 18.2 Å². The molecule has 2 aromatic rings. The highest BCUT2D eigenvalue weighted by Crippen LogP contribution is 2.26. The van der Waals surface area contributed by atoms with E-state index in [1.165, 1.54) is 20.3 Å². The lowest BCUT2D eigenvalue weighted by Gasteiger charge is -2.07. The number of aromatic nitrogens is 2. The molecule has 1 N–H and O–H groups in total. The Balaban J connectivity index is 2.84. The van der Waals surface area contributed by atoms with E-state index < -0.39 is 5.97 Å². The Morgan fingerprint density at radius 2 is 2.00 bits per heavy atom. The molecule has 1 aromatic carbocycles. The highest BCUT2D eigenvalue weighted by atomic mass is 16.5. The molecule has 0 aliphatic rings. The Morgan fingerprint density at radius 3 is 2.59 bits per heavy atom. The predicted molar refractivity (Wildman–Crippen MR) is 59.6 cm³/mol. The molecule has 6 nitrogen and oxygen atoms in total. The standard InChI is InChI=1S/C11H10N2O4/c1-16-9-6-4-3-5-7(10(14)15)8(6)12-11(13-9)17-2/h3-5H,1-2H3,(H,14,15). The molecule has 0 bridgehead atoms. The van der Waals surface area contributed by atoms with Gasteiger partial charge in [0.1, 0.15) is 0 Å². The van der Waals surface area contributed by atoms with Gasteiger partial charge in [0.25, 0.3) is 0 Å². The molecule has 1 aromatic heterocycles. The smallest absolute Gasteiger partial charge is 0.337 e. The van der Waals surface area contributed by atoms with Gasteiger partial charge in [-0.05, 0) is 12.1 Å². The summed E-state index contributed by atoms with van der Waals surface area (Å²) in [4.78, 5) is 19.1. The predicted octanol–water partition coefficient (Wildman–Crippen LogP) is 1.35. The van der Waals surface area contributed by atoms with Gasteiger partial charge in [0.05, 0.1) is 30.7 Å². The van der Waals surface area contributed by atoms with E-state index in [1.54, 1.807) is 12.1 Å². The zero-order chi connectivity index (χ0) is 12.4. The zero-order valence-electron chi connectivity index (χ0n) is 9.30. The van der Waals surface area contributed by atoms with Crippen LogP contribution in [0.1, 0.15) is 10.4 Å². The third-order valence-corrected chi connectivity index (χ3v) is 2.28. The number of carbonyl (C=O) groups is 1. The van der Waals surface area contributed by atoms with Crippen molar-refractivity contribution in [3.05, 3.63) is 23.8 Å². The monoisotopic (exact) mass is 234 g/mol. The third kappa shape index (κ3) is 1.84. The number of rotatable bonds is 3. The molecule has 0 unspecified atom stereocenters. The van der Waals surface area contributed by atoms with Crippen LogP contribution in [0.3, 0.4) is 0 Å². The van der Waals surface area contributed by atoms with Crippen LogP contribution in [-0.4, -0.2) is 35.3 Å². The van der Waals surface area contributed by atoms with E-state index in [2.05, 4.69) is 9.97 Å². The Hall–Kier alpha value is -2.37. The highest BCUT2D eigenvalue weighted by molar-refractivity contribution is 6.03. The molecule has 88 valence electrons. The first-order valence-electron chi connectivity index (χ1n) is 4.79. The fourth-order valence-electron chi connectivity index (χ4n) is 1.52. The third-order valence-electron chi connectivity index (χ3n) is 2.28. The van der Waals surface area contributed by atoms with Crippen molar-refractivity contribution in [1.82, 2.24) is 9.97 Å². The summed E-state index contributed by atoms with van der Waals surface area (Å²) in [6.07, 6.45) is 0. The molecule has 2 rings (SSSR count). The minimum atomic E-state index is -1.06. The number of benzene rings is 1. The first kappa shape index (κ1) is 11.1. The van der Waals surface area contributed by atoms with Gasteiger partial charge in [-0.15, -0.1) is 0 Å². The van der Waals surface area contributed by atoms with Crippen LogP contribution in [0.5, 0.6) is 11.9 Å². The molecule has 0 aliphatic carbocycles. The normalized spacial score (nSPS) is 10.2. The van der Waals surface area contributed by atoms with Crippen LogP contribution in [0, 0.1) is 0 Å². The average Bonchev–Trinajstić information content (AvgIpc) is 2.36. The second-order valence-electron chi connectivity index (χ2n) is 3.23. The number of ether oxygens (including phenoxy) is 2. The van der Waals surface area contributed by atoms with Gasteiger partial charge in [0.2, 0.25) is 5.88 Å². The average molecular weight is 234 g/mol. The molecule has 0 saturated heterocycles. The molecule has 0 fully saturated rings. The Labute approximate surface area is 96.8 Å². The lowest BCUT2D eigenvalue weighted by atomic mass is 10.1. The molecule has 17 heavy (non-hydrogen) atoms. The number of hydrogen-bond acceptors (Lipinski definition) is 5. The Kier molecular flexibility index (Phi) is 2.78. The summed E-state index contributed by atoms with van der Waals surface area (Å²) in [7, 11) is 2.86. The van der Waals surface area contributed by atoms with E-state index in [0.717, 1.165) is 0 Å². The maximum Gasteiger partial charge on any atom is 0.337 e. The minimum absolute atomic E-state index is 0.0723. The highest BCUT2D eigenvalue weighted by Gasteiger charge is 2.15. The maximum absolute atomic E-state index is 11.1. The van der Waals surface area contributed by atoms with Gasteiger partial charge in [-0.2, -0.15) is 9.97 Å². The summed E-state index contributed by atoms with van der Waals surface area (Å²) < 4.78 is 9.99. The first-order valence-corrected chi connectivity index (χ1v) is 4.79. The van der Waals surface area contributed by atoms with Gasteiger partial charge in [0.15, 0.2) is 0 Å². The lowest BCUT2D eigenvalue weighted by molar-refractivity contribution is 0.0699. The second kappa shape index (κ2) is 4.25. The van der Waals surface area contributed by atoms with E-state index in [1.807, 2.05) is 0 Å². The van der Waals surface area contributed by atoms with E-state index in [9.17, 15) is 4.79 Å². The lowest BCUT2D eigenvalue weighted by Crippen LogP contribution is -2.02. The van der Waals surface area contributed by atoms with Gasteiger partial charge in [-0.1, -0.05) is 6.07 Å². The van der Waals surface area contributed by atoms with Crippen molar-refractivity contribution in [2.24, 2.45) is 0 Å². The number of hydrogen-bond donors (Lipinski definition) is 1. The topological polar surface area (TPSA) is 81.5 Å². The number of carboxylic acid groups (broad SMARTS) is 1. The van der Waals surface area contributed by atoms with Gasteiger partial charge < -0.3 is 14.6 Å². The van der Waals surface area contributed by atoms with Crippen LogP contribution < -0.4 is 9.47 Å². The first-order chi connectivity index (χ1) is 8.17. The van der Waals surface area contributed by atoms with Gasteiger partial charge >= 0.3 is 12.0 Å². The number of para-hydroxylation sites is 1. The van der Waals surface area contributed by atoms with Gasteiger partial charge in [-0.3, -0.25) is 0 Å². The van der Waals surface area contributed by atoms with Crippen molar-refractivity contribution in [1.29, 1.82) is 0 Å². The summed E-state index contributed by atoms with van der Waals surface area (Å²) in [6.45, 7) is 0. The van der Waals surface area contributed by atoms with Crippen molar-refractivity contribution in [2.45, 2.75) is 0 Å². The van der Waals surface area contributed by atoms with Crippen molar-refractivity contribution in [3.63, 3.8) is 0 Å². The number of aromatic carboxylic acids is 1. The SMILES string of the molecule is COc1nc(OC)c2cccc(C(=O)O)c2n1. The van der Waals surface area contributed by atoms with Gasteiger partial charge in [-0.25, -0.2) is 4.79 Å². The zero-order valence-corrected chi connectivity index (χ0v) is 9.30. The van der Waals surface area contributed by atoms with Crippen molar-refractivity contribution in [3.8, 4) is 11.9 Å². The van der Waals surface area contributed by atoms with Gasteiger partial charge in [0, 0.05) is 0 Å². The molecule has 0 saturated carbocycles. The van der Waals surface area contributed by atoms with E-state index in [0.29, 0.717) is 10.9 Å². The molecular weight excluding hydrogens is 224 g/mol. The summed E-state index contributed by atoms with van der Waals surface area (Å²) in [5.41, 5.74) is 0.380. The molecule has 0 spiro atoms. The quantitative estimate of drug-likeness (QED) is 0.863. The Bertz CT molecular complexity index is 583. The van der Waals surface area contributed by atoms with Crippen LogP contribution in [0.2, 0.25) is 0 Å². The van der Waals surface area contributed by atoms with Crippen LogP contribution in [-0.2, 0) is 0 Å². The van der Waals surface area contributed by atoms with Crippen LogP contribution in [0.4, 0.5) is 0 Å². The Morgan fingerprint density at radius 1 is 1.24 bits per heavy atom. The summed E-state index contributed by atoms with van der Waals surface area (Å²) in [6, 6.07) is 4.85. The fraction of sp³-hybridized carbons (Fsp3) is 0.182.